The van der Waals surface area contributed by atoms with Gasteiger partial charge in [0, 0.05) is 36.8 Å². The number of aryl methyl sites for hydroxylation is 1. The summed E-state index contributed by atoms with van der Waals surface area (Å²) in [5.41, 5.74) is 1.22. The maximum absolute atomic E-state index is 12.4. The van der Waals surface area contributed by atoms with Gasteiger partial charge in [-0.3, -0.25) is 9.78 Å². The average Bonchev–Trinajstić information content (AvgIpc) is 2.69. The standard InChI is InChI=1S/C20H22N2O4S/c1-4-10-26-19-7-6-14(27(24,25)5-2)11-16(19)18-13-22(3)20(23)17-12-21-9-8-15(17)18/h6-9,11-13H,4-5,10H2,1-3H3. The van der Waals surface area contributed by atoms with Crippen LogP contribution >= 0.6 is 0 Å². The van der Waals surface area contributed by atoms with Gasteiger partial charge in [-0.05, 0) is 36.1 Å². The minimum atomic E-state index is -3.37. The van der Waals surface area contributed by atoms with Crippen LogP contribution in [0.15, 0.2) is 52.5 Å². The minimum absolute atomic E-state index is 0.0134. The van der Waals surface area contributed by atoms with Crippen molar-refractivity contribution in [3.8, 4) is 16.9 Å². The predicted molar refractivity (Wildman–Crippen MR) is 106 cm³/mol. The van der Waals surface area contributed by atoms with Crippen LogP contribution in [-0.4, -0.2) is 30.3 Å². The van der Waals surface area contributed by atoms with Crippen molar-refractivity contribution in [1.29, 1.82) is 0 Å². The predicted octanol–water partition coefficient (Wildman–Crippen LogP) is 3.18. The Hall–Kier alpha value is -2.67. The van der Waals surface area contributed by atoms with Gasteiger partial charge in [-0.1, -0.05) is 13.8 Å². The normalized spacial score (nSPS) is 11.7. The van der Waals surface area contributed by atoms with Crippen molar-refractivity contribution in [2.24, 2.45) is 7.05 Å². The van der Waals surface area contributed by atoms with Gasteiger partial charge >= 0.3 is 0 Å². The first-order valence-corrected chi connectivity index (χ1v) is 10.5. The lowest BCUT2D eigenvalue weighted by molar-refractivity contribution is 0.318. The number of fused-ring (bicyclic) bond motifs is 1. The van der Waals surface area contributed by atoms with E-state index in [0.717, 1.165) is 12.0 Å². The molecule has 0 atom stereocenters. The van der Waals surface area contributed by atoms with Gasteiger partial charge in [0.15, 0.2) is 9.84 Å². The molecule has 6 nitrogen and oxygen atoms in total. The highest BCUT2D eigenvalue weighted by molar-refractivity contribution is 7.91. The van der Waals surface area contributed by atoms with Crippen LogP contribution in [-0.2, 0) is 16.9 Å². The van der Waals surface area contributed by atoms with Crippen molar-refractivity contribution < 1.29 is 13.2 Å². The van der Waals surface area contributed by atoms with Crippen LogP contribution in [0, 0.1) is 0 Å². The maximum atomic E-state index is 12.4. The molecule has 3 rings (SSSR count). The zero-order valence-corrected chi connectivity index (χ0v) is 16.4. The number of benzene rings is 1. The van der Waals surface area contributed by atoms with Crippen LogP contribution < -0.4 is 10.3 Å². The molecule has 2 aromatic heterocycles. The number of pyridine rings is 2. The van der Waals surface area contributed by atoms with E-state index in [1.807, 2.05) is 6.92 Å². The van der Waals surface area contributed by atoms with Crippen LogP contribution in [0.1, 0.15) is 20.3 Å². The fourth-order valence-electron chi connectivity index (χ4n) is 2.94. The molecule has 0 unspecified atom stereocenters. The van der Waals surface area contributed by atoms with Crippen LogP contribution in [0.4, 0.5) is 0 Å². The Kier molecular flexibility index (Phi) is 5.32. The Bertz CT molecular complexity index is 1150. The second kappa shape index (κ2) is 7.52. The first-order chi connectivity index (χ1) is 12.9. The van der Waals surface area contributed by atoms with Gasteiger partial charge in [0.05, 0.1) is 22.6 Å². The van der Waals surface area contributed by atoms with Crippen LogP contribution in [0.5, 0.6) is 5.75 Å². The van der Waals surface area contributed by atoms with E-state index in [-0.39, 0.29) is 16.2 Å². The van der Waals surface area contributed by atoms with Gasteiger partial charge in [0.2, 0.25) is 0 Å². The molecule has 0 saturated carbocycles. The summed E-state index contributed by atoms with van der Waals surface area (Å²) >= 11 is 0. The van der Waals surface area contributed by atoms with Gasteiger partial charge in [-0.15, -0.1) is 0 Å². The van der Waals surface area contributed by atoms with Crippen molar-refractivity contribution in [3.05, 3.63) is 53.2 Å². The molecule has 0 saturated heterocycles. The summed E-state index contributed by atoms with van der Waals surface area (Å²) in [6.07, 6.45) is 5.68. The van der Waals surface area contributed by atoms with E-state index >= 15 is 0 Å². The Morgan fingerprint density at radius 2 is 1.89 bits per heavy atom. The number of aromatic nitrogens is 2. The third kappa shape index (κ3) is 3.60. The number of hydrogen-bond donors (Lipinski definition) is 0. The number of sulfone groups is 1. The van der Waals surface area contributed by atoms with E-state index in [4.69, 9.17) is 4.74 Å². The number of hydrogen-bond acceptors (Lipinski definition) is 5. The van der Waals surface area contributed by atoms with E-state index in [1.165, 1.54) is 10.8 Å². The second-order valence-corrected chi connectivity index (χ2v) is 8.57. The van der Waals surface area contributed by atoms with Crippen molar-refractivity contribution >= 4 is 20.6 Å². The molecular weight excluding hydrogens is 364 g/mol. The van der Waals surface area contributed by atoms with Gasteiger partial charge in [0.25, 0.3) is 5.56 Å². The van der Waals surface area contributed by atoms with E-state index in [9.17, 15) is 13.2 Å². The van der Waals surface area contributed by atoms with Crippen molar-refractivity contribution in [3.63, 3.8) is 0 Å². The van der Waals surface area contributed by atoms with Crippen molar-refractivity contribution in [2.75, 3.05) is 12.4 Å². The maximum Gasteiger partial charge on any atom is 0.259 e. The first-order valence-electron chi connectivity index (χ1n) is 8.82. The quantitative estimate of drug-likeness (QED) is 0.650. The molecule has 0 fully saturated rings. The zero-order chi connectivity index (χ0) is 19.6. The van der Waals surface area contributed by atoms with Crippen molar-refractivity contribution in [1.82, 2.24) is 9.55 Å². The summed E-state index contributed by atoms with van der Waals surface area (Å²) in [4.78, 5) is 16.7. The van der Waals surface area contributed by atoms with E-state index in [1.54, 1.807) is 50.6 Å². The molecule has 3 aromatic rings. The summed E-state index contributed by atoms with van der Waals surface area (Å²) in [6.45, 7) is 4.13. The molecule has 0 aliphatic heterocycles. The molecule has 0 bridgehead atoms. The number of ether oxygens (including phenoxy) is 1. The molecular formula is C20H22N2O4S. The SMILES string of the molecule is CCCOc1ccc(S(=O)(=O)CC)cc1-c1cn(C)c(=O)c2cnccc12. The molecule has 0 amide bonds. The molecule has 0 spiro atoms. The summed E-state index contributed by atoms with van der Waals surface area (Å²) in [5, 5.41) is 1.18. The molecule has 0 aliphatic carbocycles. The molecule has 2 heterocycles. The Labute approximate surface area is 158 Å². The number of rotatable bonds is 6. The zero-order valence-electron chi connectivity index (χ0n) is 15.6. The van der Waals surface area contributed by atoms with Gasteiger partial charge in [-0.25, -0.2) is 8.42 Å². The monoisotopic (exact) mass is 386 g/mol. The molecule has 0 N–H and O–H groups in total. The van der Waals surface area contributed by atoms with E-state index in [2.05, 4.69) is 4.98 Å². The fraction of sp³-hybridized carbons (Fsp3) is 0.300. The molecule has 1 aromatic carbocycles. The Morgan fingerprint density at radius 3 is 2.59 bits per heavy atom. The van der Waals surface area contributed by atoms with Crippen LogP contribution in [0.25, 0.3) is 21.9 Å². The van der Waals surface area contributed by atoms with E-state index < -0.39 is 9.84 Å². The van der Waals surface area contributed by atoms with Gasteiger partial charge in [0.1, 0.15) is 5.75 Å². The molecule has 27 heavy (non-hydrogen) atoms. The number of nitrogens with zero attached hydrogens (tertiary/aromatic N) is 2. The largest absolute Gasteiger partial charge is 0.493 e. The highest BCUT2D eigenvalue weighted by atomic mass is 32.2. The Balaban J connectivity index is 2.35. The molecule has 0 aliphatic rings. The summed E-state index contributed by atoms with van der Waals surface area (Å²) in [7, 11) is -1.71. The second-order valence-electron chi connectivity index (χ2n) is 6.29. The fourth-order valence-corrected chi connectivity index (χ4v) is 3.85. The van der Waals surface area contributed by atoms with Crippen molar-refractivity contribution in [2.45, 2.75) is 25.2 Å². The van der Waals surface area contributed by atoms with Crippen LogP contribution in [0.2, 0.25) is 0 Å². The molecule has 0 radical (unpaired) electrons. The lowest BCUT2D eigenvalue weighted by Gasteiger charge is -2.15. The topological polar surface area (TPSA) is 78.3 Å². The van der Waals surface area contributed by atoms with Crippen LogP contribution in [0.3, 0.4) is 0 Å². The lowest BCUT2D eigenvalue weighted by Crippen LogP contribution is -2.17. The van der Waals surface area contributed by atoms with E-state index in [0.29, 0.717) is 28.7 Å². The lowest BCUT2D eigenvalue weighted by atomic mass is 10.0. The smallest absolute Gasteiger partial charge is 0.259 e. The highest BCUT2D eigenvalue weighted by Gasteiger charge is 2.18. The molecule has 142 valence electrons. The summed E-state index contributed by atoms with van der Waals surface area (Å²) < 4.78 is 32.1. The first kappa shape index (κ1) is 19.1. The summed E-state index contributed by atoms with van der Waals surface area (Å²) in [5.74, 6) is 0.600. The minimum Gasteiger partial charge on any atom is -0.493 e. The summed E-state index contributed by atoms with van der Waals surface area (Å²) in [6, 6.07) is 6.64. The van der Waals surface area contributed by atoms with Gasteiger partial charge in [-0.2, -0.15) is 0 Å². The third-order valence-electron chi connectivity index (χ3n) is 4.43. The highest BCUT2D eigenvalue weighted by Crippen LogP contribution is 2.36. The average molecular weight is 386 g/mol. The Morgan fingerprint density at radius 1 is 1.11 bits per heavy atom. The van der Waals surface area contributed by atoms with Gasteiger partial charge < -0.3 is 9.30 Å². The third-order valence-corrected chi connectivity index (χ3v) is 6.16. The molecule has 7 heteroatoms.